The Labute approximate surface area is 281 Å². The topological polar surface area (TPSA) is 258 Å². The number of hydrogen-bond acceptors (Lipinski definition) is 17. The van der Waals surface area contributed by atoms with Gasteiger partial charge in [0.05, 0.1) is 50.4 Å². The van der Waals surface area contributed by atoms with E-state index in [0.717, 1.165) is 6.26 Å². The number of imidazole rings is 2. The molecule has 2 fully saturated rings. The zero-order chi connectivity index (χ0) is 35.1. The summed E-state index contributed by atoms with van der Waals surface area (Å²) in [5.41, 5.74) is 13.6. The Morgan fingerprint density at radius 1 is 0.857 bits per heavy atom. The van der Waals surface area contributed by atoms with Gasteiger partial charge < -0.3 is 30.4 Å². The monoisotopic (exact) mass is 725 g/mol. The molecular formula is C27H40N11O9PS. The molecule has 4 aromatic rings. The number of nitrogen functional groups attached to an aromatic ring is 2. The summed E-state index contributed by atoms with van der Waals surface area (Å²) >= 11 is 0. The number of fused-ring (bicyclic) bond motifs is 2. The van der Waals surface area contributed by atoms with Crippen LogP contribution in [0.15, 0.2) is 25.3 Å². The zero-order valence-corrected chi connectivity index (χ0v) is 29.2. The number of hydrogen-bond donors (Lipinski definition) is 3. The van der Waals surface area contributed by atoms with Gasteiger partial charge in [0.1, 0.15) is 54.5 Å². The van der Waals surface area contributed by atoms with Crippen LogP contribution in [0.5, 0.6) is 0 Å². The molecule has 268 valence electrons. The van der Waals surface area contributed by atoms with Crippen molar-refractivity contribution in [1.82, 2.24) is 43.5 Å². The molecule has 20 nitrogen and oxygen atoms in total. The summed E-state index contributed by atoms with van der Waals surface area (Å²) in [6.45, 7) is 7.12. The molecule has 6 rings (SSSR count). The number of nitrogens with one attached hydrogen (secondary N) is 1. The molecule has 6 heterocycles. The number of sulfonamides is 1. The molecule has 0 amide bonds. The number of aromatic nitrogens is 8. The molecule has 2 aliphatic rings. The molecule has 0 aromatic carbocycles. The quantitative estimate of drug-likeness (QED) is 0.156. The second-order valence-corrected chi connectivity index (χ2v) is 16.0. The first-order valence-corrected chi connectivity index (χ1v) is 19.0. The smallest absolute Gasteiger partial charge is 0.382 e. The predicted molar refractivity (Wildman–Crippen MR) is 174 cm³/mol. The lowest BCUT2D eigenvalue weighted by Gasteiger charge is -2.27. The molecule has 0 radical (unpaired) electrons. The minimum Gasteiger partial charge on any atom is -0.382 e. The van der Waals surface area contributed by atoms with Gasteiger partial charge in [0, 0.05) is 12.8 Å². The van der Waals surface area contributed by atoms with Crippen LogP contribution in [-0.4, -0.2) is 104 Å². The van der Waals surface area contributed by atoms with Crippen LogP contribution in [0, 0.1) is 0 Å². The molecular weight excluding hydrogens is 685 g/mol. The maximum Gasteiger partial charge on any atom is 0.419 e. The van der Waals surface area contributed by atoms with E-state index >= 15 is 0 Å². The fourth-order valence-corrected chi connectivity index (χ4v) is 8.72. The first kappa shape index (κ1) is 35.4. The molecule has 0 bridgehead atoms. The van der Waals surface area contributed by atoms with E-state index in [2.05, 4.69) is 34.4 Å². The van der Waals surface area contributed by atoms with Crippen molar-refractivity contribution in [3.05, 3.63) is 25.3 Å². The summed E-state index contributed by atoms with van der Waals surface area (Å²) in [6, 6.07) is 0. The standard InChI is InChI=1S/C27H40N11O9PS/c1-14(2)42-8-18-17(7-21(45-18)38-13-35-23-25(29)31-11-33-27(23)38)47-48(39,36-49(5,40)41)43-9-19-16(44-15(3)4)6-20(46-19)37-12-34-22-24(28)30-10-32-26(22)37/h10-21H,6-9H2,1-5H3,(H,36,39)(H2,28,30,32)(H2,29,31,33)/t16-,17-,18?,19?,20?,21?,48?/m1/s1. The van der Waals surface area contributed by atoms with E-state index in [4.69, 9.17) is 39.5 Å². The third-order valence-electron chi connectivity index (χ3n) is 7.76. The third-order valence-corrected chi connectivity index (χ3v) is 11.0. The van der Waals surface area contributed by atoms with Gasteiger partial charge in [0.15, 0.2) is 22.9 Å². The molecule has 2 aliphatic heterocycles. The Hall–Kier alpha value is -3.40. The van der Waals surface area contributed by atoms with Crippen molar-refractivity contribution < 1.29 is 41.0 Å². The first-order chi connectivity index (χ1) is 23.2. The Kier molecular flexibility index (Phi) is 10.2. The SMILES string of the molecule is CC(C)OCC1OC(n2cnc3c(N)ncnc32)C[C@H]1OP(=O)(NS(C)(=O)=O)OCC1OC(n2cnc3c(N)ncnc32)C[C@H]1OC(C)C. The van der Waals surface area contributed by atoms with Crippen molar-refractivity contribution in [2.45, 2.75) is 89.6 Å². The first-order valence-electron chi connectivity index (χ1n) is 15.6. The summed E-state index contributed by atoms with van der Waals surface area (Å²) in [7, 11) is -8.71. The minimum absolute atomic E-state index is 0.0477. The molecule has 5 N–H and O–H groups in total. The van der Waals surface area contributed by atoms with Crippen LogP contribution in [0.4, 0.5) is 11.6 Å². The van der Waals surface area contributed by atoms with Gasteiger partial charge in [-0.05, 0) is 27.7 Å². The van der Waals surface area contributed by atoms with Gasteiger partial charge in [-0.2, -0.15) is 0 Å². The molecule has 4 aromatic heterocycles. The molecule has 22 heteroatoms. The van der Waals surface area contributed by atoms with Gasteiger partial charge in [-0.3, -0.25) is 18.2 Å². The van der Waals surface area contributed by atoms with Gasteiger partial charge in [-0.25, -0.2) is 42.9 Å². The molecule has 49 heavy (non-hydrogen) atoms. The normalized spacial score (nSPS) is 26.0. The third kappa shape index (κ3) is 8.00. The fraction of sp³-hybridized carbons (Fsp3) is 0.630. The van der Waals surface area contributed by atoms with E-state index in [1.165, 1.54) is 25.3 Å². The molecule has 0 saturated carbocycles. The summed E-state index contributed by atoms with van der Waals surface area (Å²) in [5, 5.41) is 0. The second kappa shape index (κ2) is 14.1. The molecule has 0 aliphatic carbocycles. The van der Waals surface area contributed by atoms with E-state index < -0.39 is 54.6 Å². The van der Waals surface area contributed by atoms with E-state index in [9.17, 15) is 13.0 Å². The number of anilines is 2. The highest BCUT2D eigenvalue weighted by molar-refractivity contribution is 7.94. The Bertz CT molecular complexity index is 1940. The van der Waals surface area contributed by atoms with Crippen LogP contribution < -0.4 is 16.0 Å². The van der Waals surface area contributed by atoms with E-state index in [-0.39, 0.29) is 43.5 Å². The second-order valence-electron chi connectivity index (χ2n) is 12.3. The van der Waals surface area contributed by atoms with Crippen LogP contribution in [0.3, 0.4) is 0 Å². The Morgan fingerprint density at radius 3 is 1.90 bits per heavy atom. The van der Waals surface area contributed by atoms with E-state index in [1.54, 1.807) is 9.13 Å². The number of nitrogens with two attached hydrogens (primary N) is 2. The average molecular weight is 726 g/mol. The van der Waals surface area contributed by atoms with E-state index in [1.807, 2.05) is 27.7 Å². The van der Waals surface area contributed by atoms with Crippen LogP contribution in [0.2, 0.25) is 0 Å². The minimum atomic E-state index is -4.61. The van der Waals surface area contributed by atoms with Gasteiger partial charge in [0.25, 0.3) is 0 Å². The van der Waals surface area contributed by atoms with Crippen molar-refractivity contribution in [3.8, 4) is 0 Å². The summed E-state index contributed by atoms with van der Waals surface area (Å²) in [5.74, 6) is 0.412. The van der Waals surface area contributed by atoms with Crippen molar-refractivity contribution in [2.24, 2.45) is 0 Å². The van der Waals surface area contributed by atoms with E-state index in [0.29, 0.717) is 28.7 Å². The molecule has 0 spiro atoms. The van der Waals surface area contributed by atoms with Crippen molar-refractivity contribution in [3.63, 3.8) is 0 Å². The summed E-state index contributed by atoms with van der Waals surface area (Å²) in [6.07, 6.45) is 2.24. The van der Waals surface area contributed by atoms with Gasteiger partial charge in [-0.15, -0.1) is 4.49 Å². The fourth-order valence-electron chi connectivity index (χ4n) is 5.73. The summed E-state index contributed by atoms with van der Waals surface area (Å²) < 4.78 is 81.1. The molecule has 2 saturated heterocycles. The lowest BCUT2D eigenvalue weighted by molar-refractivity contribution is -0.0786. The maximum atomic E-state index is 14.3. The van der Waals surface area contributed by atoms with Crippen molar-refractivity contribution >= 4 is 51.7 Å². The average Bonchev–Trinajstić information content (AvgIpc) is 3.79. The largest absolute Gasteiger partial charge is 0.419 e. The predicted octanol–water partition coefficient (Wildman–Crippen LogP) is 1.68. The van der Waals surface area contributed by atoms with Crippen LogP contribution in [-0.2, 0) is 42.6 Å². The number of rotatable bonds is 14. The maximum absolute atomic E-state index is 14.3. The molecule has 7 atom stereocenters. The Balaban J connectivity index is 1.23. The lowest BCUT2D eigenvalue weighted by atomic mass is 10.2. The van der Waals surface area contributed by atoms with Crippen LogP contribution >= 0.6 is 7.75 Å². The van der Waals surface area contributed by atoms with Crippen LogP contribution in [0.25, 0.3) is 22.3 Å². The lowest BCUT2D eigenvalue weighted by Crippen LogP contribution is -2.35. The highest BCUT2D eigenvalue weighted by Gasteiger charge is 2.46. The van der Waals surface area contributed by atoms with Gasteiger partial charge >= 0.3 is 7.75 Å². The van der Waals surface area contributed by atoms with Crippen molar-refractivity contribution in [1.29, 1.82) is 0 Å². The highest BCUT2D eigenvalue weighted by atomic mass is 32.2. The van der Waals surface area contributed by atoms with Crippen molar-refractivity contribution in [2.75, 3.05) is 30.9 Å². The van der Waals surface area contributed by atoms with Gasteiger partial charge in [0.2, 0.25) is 10.0 Å². The number of nitrogens with zero attached hydrogens (tertiary/aromatic N) is 8. The molecule has 5 unspecified atom stereocenters. The summed E-state index contributed by atoms with van der Waals surface area (Å²) in [4.78, 5) is 25.1. The Morgan fingerprint density at radius 2 is 1.39 bits per heavy atom. The van der Waals surface area contributed by atoms with Gasteiger partial charge in [-0.1, -0.05) is 0 Å². The highest BCUT2D eigenvalue weighted by Crippen LogP contribution is 2.50. The zero-order valence-electron chi connectivity index (χ0n) is 27.5. The van der Waals surface area contributed by atoms with Crippen LogP contribution in [0.1, 0.15) is 53.0 Å². The number of ether oxygens (including phenoxy) is 4.